The van der Waals surface area contributed by atoms with Crippen LogP contribution in [0.3, 0.4) is 0 Å². The molecule has 0 aromatic carbocycles. The molecule has 0 atom stereocenters. The summed E-state index contributed by atoms with van der Waals surface area (Å²) in [4.78, 5) is 11.3. The quantitative estimate of drug-likeness (QED) is 0.441. The van der Waals surface area contributed by atoms with Crippen LogP contribution in [-0.4, -0.2) is 46.6 Å². The molecule has 0 aliphatic carbocycles. The third-order valence-electron chi connectivity index (χ3n) is 1.91. The van der Waals surface area contributed by atoms with Crippen LogP contribution in [0.25, 0.3) is 0 Å². The van der Waals surface area contributed by atoms with Gasteiger partial charge in [0.15, 0.2) is 0 Å². The summed E-state index contributed by atoms with van der Waals surface area (Å²) in [5.41, 5.74) is -1.30. The largest absolute Gasteiger partial charge is 0.394 e. The van der Waals surface area contributed by atoms with Crippen LogP contribution in [0.4, 0.5) is 0 Å². The van der Waals surface area contributed by atoms with Crippen LogP contribution in [0, 0.1) is 5.92 Å². The standard InChI is InChI=1S/C9H19NO4/c1-7(2)3-8(14)10-9(4-11,5-12)6-13/h7,11-13H,3-6H2,1-2H3,(H,10,14). The molecule has 4 N–H and O–H groups in total. The highest BCUT2D eigenvalue weighted by atomic mass is 16.3. The molecule has 1 amide bonds. The van der Waals surface area contributed by atoms with Crippen molar-refractivity contribution in [2.24, 2.45) is 5.92 Å². The molecule has 0 radical (unpaired) electrons. The molecule has 0 spiro atoms. The lowest BCUT2D eigenvalue weighted by Crippen LogP contribution is -2.57. The van der Waals surface area contributed by atoms with Crippen molar-refractivity contribution in [2.45, 2.75) is 25.8 Å². The van der Waals surface area contributed by atoms with E-state index >= 15 is 0 Å². The van der Waals surface area contributed by atoms with Gasteiger partial charge in [0.05, 0.1) is 19.8 Å². The lowest BCUT2D eigenvalue weighted by atomic mass is 10.0. The number of hydrogen-bond acceptors (Lipinski definition) is 4. The molecule has 0 heterocycles. The lowest BCUT2D eigenvalue weighted by molar-refractivity contribution is -0.126. The normalized spacial score (nSPS) is 11.9. The summed E-state index contributed by atoms with van der Waals surface area (Å²) in [6, 6.07) is 0. The fourth-order valence-electron chi connectivity index (χ4n) is 0.986. The van der Waals surface area contributed by atoms with Crippen LogP contribution in [0.5, 0.6) is 0 Å². The molecule has 5 heteroatoms. The Bertz CT molecular complexity index is 169. The van der Waals surface area contributed by atoms with Crippen molar-refractivity contribution >= 4 is 5.91 Å². The molecule has 0 rings (SSSR count). The van der Waals surface area contributed by atoms with Gasteiger partial charge < -0.3 is 20.6 Å². The number of nitrogens with one attached hydrogen (secondary N) is 1. The summed E-state index contributed by atoms with van der Waals surface area (Å²) >= 11 is 0. The topological polar surface area (TPSA) is 89.8 Å². The van der Waals surface area contributed by atoms with E-state index in [9.17, 15) is 4.79 Å². The number of amides is 1. The Morgan fingerprint density at radius 1 is 1.21 bits per heavy atom. The van der Waals surface area contributed by atoms with E-state index in [0.717, 1.165) is 0 Å². The van der Waals surface area contributed by atoms with Gasteiger partial charge >= 0.3 is 0 Å². The molecule has 0 unspecified atom stereocenters. The first-order chi connectivity index (χ1) is 6.49. The summed E-state index contributed by atoms with van der Waals surface area (Å²) in [6.45, 7) is 2.33. The van der Waals surface area contributed by atoms with Gasteiger partial charge in [0, 0.05) is 6.42 Å². The SMILES string of the molecule is CC(C)CC(=O)NC(CO)(CO)CO. The first kappa shape index (κ1) is 13.4. The minimum Gasteiger partial charge on any atom is -0.394 e. The molecule has 0 saturated heterocycles. The Morgan fingerprint density at radius 3 is 1.93 bits per heavy atom. The second kappa shape index (κ2) is 5.95. The molecule has 0 saturated carbocycles. The maximum atomic E-state index is 11.3. The fourth-order valence-corrected chi connectivity index (χ4v) is 0.986. The second-order valence-electron chi connectivity index (χ2n) is 3.90. The number of hydrogen-bond donors (Lipinski definition) is 4. The number of aliphatic hydroxyl groups is 3. The van der Waals surface area contributed by atoms with Gasteiger partial charge in [-0.2, -0.15) is 0 Å². The fraction of sp³-hybridized carbons (Fsp3) is 0.889. The smallest absolute Gasteiger partial charge is 0.220 e. The van der Waals surface area contributed by atoms with E-state index < -0.39 is 25.4 Å². The molecular weight excluding hydrogens is 186 g/mol. The van der Waals surface area contributed by atoms with Crippen LogP contribution < -0.4 is 5.32 Å². The van der Waals surface area contributed by atoms with Gasteiger partial charge in [-0.25, -0.2) is 0 Å². The molecule has 5 nitrogen and oxygen atoms in total. The number of carbonyl (C=O) groups excluding carboxylic acids is 1. The Morgan fingerprint density at radius 2 is 1.64 bits per heavy atom. The van der Waals surface area contributed by atoms with E-state index in [1.807, 2.05) is 13.8 Å². The molecular formula is C9H19NO4. The number of rotatable bonds is 6. The molecule has 0 aromatic heterocycles. The van der Waals surface area contributed by atoms with Crippen molar-refractivity contribution in [1.82, 2.24) is 5.32 Å². The van der Waals surface area contributed by atoms with Gasteiger partial charge in [0.25, 0.3) is 0 Å². The van der Waals surface area contributed by atoms with Crippen LogP contribution in [-0.2, 0) is 4.79 Å². The van der Waals surface area contributed by atoms with Gasteiger partial charge in [-0.05, 0) is 5.92 Å². The van der Waals surface area contributed by atoms with Gasteiger partial charge in [-0.1, -0.05) is 13.8 Å². The van der Waals surface area contributed by atoms with E-state index in [2.05, 4.69) is 5.32 Å². The summed E-state index contributed by atoms with van der Waals surface area (Å²) in [7, 11) is 0. The van der Waals surface area contributed by atoms with Crippen molar-refractivity contribution in [1.29, 1.82) is 0 Å². The van der Waals surface area contributed by atoms with E-state index in [-0.39, 0.29) is 11.8 Å². The van der Waals surface area contributed by atoms with Crippen molar-refractivity contribution in [2.75, 3.05) is 19.8 Å². The van der Waals surface area contributed by atoms with Gasteiger partial charge in [0.1, 0.15) is 5.54 Å². The summed E-state index contributed by atoms with van der Waals surface area (Å²) < 4.78 is 0. The molecule has 0 fully saturated rings. The van der Waals surface area contributed by atoms with Crippen LogP contribution in [0.15, 0.2) is 0 Å². The van der Waals surface area contributed by atoms with Crippen LogP contribution in [0.1, 0.15) is 20.3 Å². The molecule has 84 valence electrons. The van der Waals surface area contributed by atoms with E-state index in [4.69, 9.17) is 15.3 Å². The predicted octanol–water partition coefficient (Wildman–Crippen LogP) is -1.14. The first-order valence-corrected chi connectivity index (χ1v) is 4.63. The highest BCUT2D eigenvalue weighted by Gasteiger charge is 2.29. The first-order valence-electron chi connectivity index (χ1n) is 4.63. The third-order valence-corrected chi connectivity index (χ3v) is 1.91. The Labute approximate surface area is 83.8 Å². The highest BCUT2D eigenvalue weighted by molar-refractivity contribution is 5.77. The van der Waals surface area contributed by atoms with Crippen molar-refractivity contribution < 1.29 is 20.1 Å². The van der Waals surface area contributed by atoms with Gasteiger partial charge in [-0.15, -0.1) is 0 Å². The summed E-state index contributed by atoms with van der Waals surface area (Å²) in [6.07, 6.45) is 0.307. The lowest BCUT2D eigenvalue weighted by Gasteiger charge is -2.28. The van der Waals surface area contributed by atoms with Gasteiger partial charge in [0.2, 0.25) is 5.91 Å². The zero-order valence-electron chi connectivity index (χ0n) is 8.66. The van der Waals surface area contributed by atoms with Crippen LogP contribution >= 0.6 is 0 Å². The predicted molar refractivity (Wildman–Crippen MR) is 51.6 cm³/mol. The zero-order valence-corrected chi connectivity index (χ0v) is 8.66. The Kier molecular flexibility index (Phi) is 5.68. The molecule has 14 heavy (non-hydrogen) atoms. The minimum absolute atomic E-state index is 0.198. The molecule has 0 bridgehead atoms. The monoisotopic (exact) mass is 205 g/mol. The summed E-state index contributed by atoms with van der Waals surface area (Å²) in [5.74, 6) is -0.0825. The van der Waals surface area contributed by atoms with Crippen molar-refractivity contribution in [3.63, 3.8) is 0 Å². The van der Waals surface area contributed by atoms with Gasteiger partial charge in [-0.3, -0.25) is 4.79 Å². The van der Waals surface area contributed by atoms with E-state index in [0.29, 0.717) is 6.42 Å². The Balaban J connectivity index is 4.22. The van der Waals surface area contributed by atoms with E-state index in [1.54, 1.807) is 0 Å². The highest BCUT2D eigenvalue weighted by Crippen LogP contribution is 2.05. The maximum absolute atomic E-state index is 11.3. The number of aliphatic hydroxyl groups excluding tert-OH is 3. The average molecular weight is 205 g/mol. The summed E-state index contributed by atoms with van der Waals surface area (Å²) in [5, 5.41) is 29.2. The third kappa shape index (κ3) is 4.04. The maximum Gasteiger partial charge on any atom is 0.220 e. The zero-order chi connectivity index (χ0) is 11.2. The molecule has 0 aliphatic heterocycles. The van der Waals surface area contributed by atoms with Crippen molar-refractivity contribution in [3.05, 3.63) is 0 Å². The second-order valence-corrected chi connectivity index (χ2v) is 3.90. The number of carbonyl (C=O) groups is 1. The molecule has 0 aromatic rings. The molecule has 0 aliphatic rings. The van der Waals surface area contributed by atoms with Crippen LogP contribution in [0.2, 0.25) is 0 Å². The average Bonchev–Trinajstić information content (AvgIpc) is 2.13. The van der Waals surface area contributed by atoms with E-state index in [1.165, 1.54) is 0 Å². The van der Waals surface area contributed by atoms with Crippen molar-refractivity contribution in [3.8, 4) is 0 Å². The Hall–Kier alpha value is -0.650. The minimum atomic E-state index is -1.30.